The normalized spacial score (nSPS) is 10.4. The van der Waals surface area contributed by atoms with Gasteiger partial charge >= 0.3 is 0 Å². The third-order valence-corrected chi connectivity index (χ3v) is 2.65. The summed E-state index contributed by atoms with van der Waals surface area (Å²) in [6.45, 7) is 1.36. The van der Waals surface area contributed by atoms with Crippen LogP contribution >= 0.6 is 0 Å². The third kappa shape index (κ3) is 4.63. The van der Waals surface area contributed by atoms with Gasteiger partial charge in [-0.1, -0.05) is 0 Å². The van der Waals surface area contributed by atoms with Gasteiger partial charge in [-0.2, -0.15) is 0 Å². The lowest BCUT2D eigenvalue weighted by Gasteiger charge is -2.05. The Morgan fingerprint density at radius 1 is 1.16 bits per heavy atom. The lowest BCUT2D eigenvalue weighted by Crippen LogP contribution is -2.08. The highest BCUT2D eigenvalue weighted by Gasteiger charge is 1.98. The summed E-state index contributed by atoms with van der Waals surface area (Å²) >= 11 is 0. The van der Waals surface area contributed by atoms with Gasteiger partial charge in [0.15, 0.2) is 0 Å². The monoisotopic (exact) mass is 258 g/mol. The predicted octanol–water partition coefficient (Wildman–Crippen LogP) is 1.60. The van der Waals surface area contributed by atoms with Crippen LogP contribution in [0.3, 0.4) is 0 Å². The highest BCUT2D eigenvalue weighted by atomic mass is 16.5. The van der Waals surface area contributed by atoms with Gasteiger partial charge in [0, 0.05) is 18.9 Å². The quantitative estimate of drug-likeness (QED) is 0.764. The molecule has 0 saturated carbocycles. The molecule has 0 spiro atoms. The Morgan fingerprint density at radius 2 is 2.00 bits per heavy atom. The maximum Gasteiger partial charge on any atom is 0.232 e. The maximum atomic E-state index is 5.55. The highest BCUT2D eigenvalue weighted by Crippen LogP contribution is 2.06. The van der Waals surface area contributed by atoms with Crippen LogP contribution < -0.4 is 10.1 Å². The molecule has 0 atom stereocenters. The van der Waals surface area contributed by atoms with E-state index in [4.69, 9.17) is 4.74 Å². The van der Waals surface area contributed by atoms with E-state index in [2.05, 4.69) is 20.3 Å². The van der Waals surface area contributed by atoms with Crippen LogP contribution in [0, 0.1) is 0 Å². The first-order chi connectivity index (χ1) is 9.38. The average molecular weight is 258 g/mol. The number of aromatic nitrogens is 3. The molecule has 0 bridgehead atoms. The second-order valence-corrected chi connectivity index (χ2v) is 4.18. The molecule has 5 nitrogen and oxygen atoms in total. The van der Waals surface area contributed by atoms with Gasteiger partial charge in [-0.05, 0) is 37.6 Å². The van der Waals surface area contributed by atoms with E-state index in [0.29, 0.717) is 12.5 Å². The highest BCUT2D eigenvalue weighted by molar-refractivity contribution is 5.10. The molecule has 2 aromatic heterocycles. The van der Waals surface area contributed by atoms with Gasteiger partial charge in [-0.15, -0.1) is 0 Å². The molecule has 0 aliphatic heterocycles. The molecule has 0 saturated heterocycles. The van der Waals surface area contributed by atoms with Crippen LogP contribution in [0.1, 0.15) is 17.7 Å². The van der Waals surface area contributed by atoms with Gasteiger partial charge in [-0.3, -0.25) is 9.97 Å². The van der Waals surface area contributed by atoms with E-state index >= 15 is 0 Å². The molecule has 100 valence electrons. The molecule has 0 fully saturated rings. The summed E-state index contributed by atoms with van der Waals surface area (Å²) < 4.78 is 5.55. The fourth-order valence-corrected chi connectivity index (χ4v) is 1.69. The van der Waals surface area contributed by atoms with E-state index in [1.54, 1.807) is 12.4 Å². The van der Waals surface area contributed by atoms with Crippen molar-refractivity contribution in [1.29, 1.82) is 0 Å². The maximum absolute atomic E-state index is 5.55. The molecular weight excluding hydrogens is 240 g/mol. The summed E-state index contributed by atoms with van der Waals surface area (Å²) in [4.78, 5) is 12.4. The van der Waals surface area contributed by atoms with Crippen molar-refractivity contribution >= 4 is 0 Å². The molecule has 0 aliphatic rings. The van der Waals surface area contributed by atoms with Gasteiger partial charge in [-0.25, -0.2) is 4.98 Å². The molecule has 0 aliphatic carbocycles. The molecule has 2 aromatic rings. The first-order valence-electron chi connectivity index (χ1n) is 6.35. The largest absolute Gasteiger partial charge is 0.477 e. The van der Waals surface area contributed by atoms with Gasteiger partial charge in [0.2, 0.25) is 5.88 Å². The topological polar surface area (TPSA) is 59.9 Å². The molecule has 19 heavy (non-hydrogen) atoms. The molecule has 0 amide bonds. The zero-order valence-electron chi connectivity index (χ0n) is 11.0. The fourth-order valence-electron chi connectivity index (χ4n) is 1.69. The number of hydrogen-bond donors (Lipinski definition) is 1. The standard InChI is InChI=1S/C14H18N4O/c1-15-9-13-10-18-14(11-17-13)19-8-2-3-12-4-6-16-7-5-12/h4-7,10-11,15H,2-3,8-9H2,1H3. The lowest BCUT2D eigenvalue weighted by atomic mass is 10.1. The zero-order chi connectivity index (χ0) is 13.3. The van der Waals surface area contributed by atoms with E-state index in [1.807, 2.05) is 31.6 Å². The van der Waals surface area contributed by atoms with Crippen LogP contribution in [-0.4, -0.2) is 28.6 Å². The van der Waals surface area contributed by atoms with E-state index in [1.165, 1.54) is 5.56 Å². The van der Waals surface area contributed by atoms with Crippen molar-refractivity contribution in [3.63, 3.8) is 0 Å². The van der Waals surface area contributed by atoms with Crippen molar-refractivity contribution in [1.82, 2.24) is 20.3 Å². The summed E-state index contributed by atoms with van der Waals surface area (Å²) in [5.74, 6) is 0.578. The molecule has 0 radical (unpaired) electrons. The van der Waals surface area contributed by atoms with Crippen LogP contribution in [0.15, 0.2) is 36.9 Å². The summed E-state index contributed by atoms with van der Waals surface area (Å²) in [7, 11) is 1.88. The predicted molar refractivity (Wildman–Crippen MR) is 72.8 cm³/mol. The number of aryl methyl sites for hydroxylation is 1. The third-order valence-electron chi connectivity index (χ3n) is 2.65. The first kappa shape index (κ1) is 13.4. The Labute approximate surface area is 113 Å². The summed E-state index contributed by atoms with van der Waals surface area (Å²) in [5, 5.41) is 3.03. The van der Waals surface area contributed by atoms with Gasteiger partial charge in [0.05, 0.1) is 24.7 Å². The summed E-state index contributed by atoms with van der Waals surface area (Å²) in [6.07, 6.45) is 8.94. The van der Waals surface area contributed by atoms with E-state index in [0.717, 1.165) is 25.1 Å². The van der Waals surface area contributed by atoms with Crippen molar-refractivity contribution in [2.45, 2.75) is 19.4 Å². The molecule has 5 heteroatoms. The van der Waals surface area contributed by atoms with Crippen LogP contribution in [0.2, 0.25) is 0 Å². The van der Waals surface area contributed by atoms with Crippen molar-refractivity contribution < 1.29 is 4.74 Å². The number of rotatable bonds is 7. The molecule has 1 N–H and O–H groups in total. The number of pyridine rings is 1. The number of nitrogens with one attached hydrogen (secondary N) is 1. The van der Waals surface area contributed by atoms with Crippen LogP contribution in [-0.2, 0) is 13.0 Å². The average Bonchev–Trinajstić information content (AvgIpc) is 2.47. The minimum atomic E-state index is 0.578. The minimum absolute atomic E-state index is 0.578. The molecule has 2 heterocycles. The van der Waals surface area contributed by atoms with E-state index < -0.39 is 0 Å². The van der Waals surface area contributed by atoms with Crippen molar-refractivity contribution in [2.24, 2.45) is 0 Å². The Hall–Kier alpha value is -2.01. The second kappa shape index (κ2) is 7.43. The molecule has 2 rings (SSSR count). The molecule has 0 aromatic carbocycles. The Kier molecular flexibility index (Phi) is 5.25. The van der Waals surface area contributed by atoms with Gasteiger partial charge in [0.25, 0.3) is 0 Å². The van der Waals surface area contributed by atoms with Crippen molar-refractivity contribution in [3.05, 3.63) is 48.2 Å². The van der Waals surface area contributed by atoms with Crippen LogP contribution in [0.25, 0.3) is 0 Å². The van der Waals surface area contributed by atoms with Gasteiger partial charge in [0.1, 0.15) is 0 Å². The smallest absolute Gasteiger partial charge is 0.232 e. The fraction of sp³-hybridized carbons (Fsp3) is 0.357. The molecular formula is C14H18N4O. The lowest BCUT2D eigenvalue weighted by molar-refractivity contribution is 0.297. The minimum Gasteiger partial charge on any atom is -0.477 e. The molecule has 0 unspecified atom stereocenters. The first-order valence-corrected chi connectivity index (χ1v) is 6.35. The van der Waals surface area contributed by atoms with Crippen LogP contribution in [0.4, 0.5) is 0 Å². The summed E-state index contributed by atoms with van der Waals surface area (Å²) in [6, 6.07) is 4.04. The second-order valence-electron chi connectivity index (χ2n) is 4.18. The summed E-state index contributed by atoms with van der Waals surface area (Å²) in [5.41, 5.74) is 2.18. The van der Waals surface area contributed by atoms with Crippen molar-refractivity contribution in [3.8, 4) is 5.88 Å². The number of ether oxygens (including phenoxy) is 1. The Morgan fingerprint density at radius 3 is 2.68 bits per heavy atom. The SMILES string of the molecule is CNCc1cnc(OCCCc2ccncc2)cn1. The number of hydrogen-bond acceptors (Lipinski definition) is 5. The Balaban J connectivity index is 1.70. The van der Waals surface area contributed by atoms with E-state index in [9.17, 15) is 0 Å². The van der Waals surface area contributed by atoms with Gasteiger partial charge < -0.3 is 10.1 Å². The zero-order valence-corrected chi connectivity index (χ0v) is 11.0. The number of nitrogens with zero attached hydrogens (tertiary/aromatic N) is 3. The van der Waals surface area contributed by atoms with Crippen LogP contribution in [0.5, 0.6) is 5.88 Å². The van der Waals surface area contributed by atoms with Crippen molar-refractivity contribution in [2.75, 3.05) is 13.7 Å². The Bertz CT molecular complexity index is 473. The van der Waals surface area contributed by atoms with E-state index in [-0.39, 0.29) is 0 Å².